The molecule has 1 aliphatic carbocycles. The van der Waals surface area contributed by atoms with Crippen molar-refractivity contribution in [2.75, 3.05) is 6.54 Å². The smallest absolute Gasteiger partial charge is 0.338 e. The zero-order valence-electron chi connectivity index (χ0n) is 15.2. The topological polar surface area (TPSA) is 55.4 Å². The standard InChI is InChI=1S/C21H27NO3/c1-5-11-22-20(23)16-7-6-8-17(13-16)21(24)25-19-12-15(4)9-10-18(19)14(2)3/h1,6-8,13-15,18-19H,9-12H2,2-4H3,(H,22,23)/t15-,18+,19-/m1/s1. The summed E-state index contributed by atoms with van der Waals surface area (Å²) in [6.07, 6.45) is 8.26. The Kier molecular flexibility index (Phi) is 6.64. The summed E-state index contributed by atoms with van der Waals surface area (Å²) < 4.78 is 5.83. The monoisotopic (exact) mass is 341 g/mol. The first-order chi connectivity index (χ1) is 11.9. The number of benzene rings is 1. The Bertz CT molecular complexity index is 659. The first-order valence-electron chi connectivity index (χ1n) is 8.95. The van der Waals surface area contributed by atoms with Crippen LogP contribution in [0.2, 0.25) is 0 Å². The van der Waals surface area contributed by atoms with E-state index in [-0.39, 0.29) is 24.5 Å². The van der Waals surface area contributed by atoms with Crippen molar-refractivity contribution < 1.29 is 14.3 Å². The molecule has 1 fully saturated rings. The molecular formula is C21H27NO3. The quantitative estimate of drug-likeness (QED) is 0.657. The molecule has 1 aromatic rings. The van der Waals surface area contributed by atoms with Crippen molar-refractivity contribution in [2.24, 2.45) is 17.8 Å². The molecule has 1 aliphatic rings. The molecule has 0 heterocycles. The van der Waals surface area contributed by atoms with Crippen molar-refractivity contribution in [3.8, 4) is 12.3 Å². The zero-order valence-corrected chi connectivity index (χ0v) is 15.2. The van der Waals surface area contributed by atoms with Gasteiger partial charge in [-0.25, -0.2) is 4.79 Å². The highest BCUT2D eigenvalue weighted by atomic mass is 16.5. The average molecular weight is 341 g/mol. The summed E-state index contributed by atoms with van der Waals surface area (Å²) in [5.74, 6) is 3.13. The molecule has 0 radical (unpaired) electrons. The summed E-state index contributed by atoms with van der Waals surface area (Å²) in [5.41, 5.74) is 0.802. The second-order valence-corrected chi connectivity index (χ2v) is 7.24. The summed E-state index contributed by atoms with van der Waals surface area (Å²) in [4.78, 5) is 24.6. The Labute approximate surface area is 150 Å². The maximum Gasteiger partial charge on any atom is 0.338 e. The highest BCUT2D eigenvalue weighted by molar-refractivity contribution is 5.98. The molecule has 0 saturated heterocycles. The number of nitrogens with one attached hydrogen (secondary N) is 1. The van der Waals surface area contributed by atoms with Crippen molar-refractivity contribution in [1.29, 1.82) is 0 Å². The third kappa shape index (κ3) is 5.09. The molecule has 4 nitrogen and oxygen atoms in total. The summed E-state index contributed by atoms with van der Waals surface area (Å²) >= 11 is 0. The molecule has 0 bridgehead atoms. The lowest BCUT2D eigenvalue weighted by Crippen LogP contribution is -2.36. The predicted molar refractivity (Wildman–Crippen MR) is 98.2 cm³/mol. The molecule has 0 aliphatic heterocycles. The van der Waals surface area contributed by atoms with E-state index in [0.717, 1.165) is 12.8 Å². The average Bonchev–Trinajstić information content (AvgIpc) is 2.59. The van der Waals surface area contributed by atoms with E-state index in [1.165, 1.54) is 6.42 Å². The number of rotatable bonds is 5. The van der Waals surface area contributed by atoms with Crippen LogP contribution < -0.4 is 5.32 Å². The minimum atomic E-state index is -0.364. The van der Waals surface area contributed by atoms with Gasteiger partial charge in [0.2, 0.25) is 0 Å². The van der Waals surface area contributed by atoms with Crippen molar-refractivity contribution in [1.82, 2.24) is 5.32 Å². The first kappa shape index (κ1) is 19.1. The fourth-order valence-corrected chi connectivity index (χ4v) is 3.48. The molecule has 1 amide bonds. The van der Waals surface area contributed by atoms with E-state index in [4.69, 9.17) is 11.2 Å². The van der Waals surface area contributed by atoms with Crippen molar-refractivity contribution in [3.05, 3.63) is 35.4 Å². The van der Waals surface area contributed by atoms with Crippen LogP contribution in [0.4, 0.5) is 0 Å². The molecule has 1 N–H and O–H groups in total. The van der Waals surface area contributed by atoms with E-state index < -0.39 is 0 Å². The molecule has 25 heavy (non-hydrogen) atoms. The molecule has 4 heteroatoms. The molecule has 134 valence electrons. The number of amides is 1. The highest BCUT2D eigenvalue weighted by Crippen LogP contribution is 2.35. The molecule has 0 aromatic heterocycles. The van der Waals surface area contributed by atoms with E-state index in [2.05, 4.69) is 32.0 Å². The van der Waals surface area contributed by atoms with Crippen LogP contribution in [-0.2, 0) is 4.74 Å². The van der Waals surface area contributed by atoms with Crippen LogP contribution in [0.15, 0.2) is 24.3 Å². The molecule has 0 unspecified atom stereocenters. The molecule has 1 aromatic carbocycles. The normalized spacial score (nSPS) is 22.9. The van der Waals surface area contributed by atoms with Gasteiger partial charge in [-0.05, 0) is 48.8 Å². The number of carbonyl (C=O) groups is 2. The summed E-state index contributed by atoms with van der Waals surface area (Å²) in [6.45, 7) is 6.72. The van der Waals surface area contributed by atoms with Gasteiger partial charge >= 0.3 is 5.97 Å². The fourth-order valence-electron chi connectivity index (χ4n) is 3.48. The van der Waals surface area contributed by atoms with E-state index in [1.54, 1.807) is 24.3 Å². The van der Waals surface area contributed by atoms with Gasteiger partial charge in [-0.15, -0.1) is 6.42 Å². The number of terminal acetylenes is 1. The van der Waals surface area contributed by atoms with Crippen LogP contribution in [-0.4, -0.2) is 24.5 Å². The molecule has 0 spiro atoms. The summed E-state index contributed by atoms with van der Waals surface area (Å²) in [5, 5.41) is 2.60. The van der Waals surface area contributed by atoms with E-state index in [1.807, 2.05) is 0 Å². The summed E-state index contributed by atoms with van der Waals surface area (Å²) in [6, 6.07) is 6.58. The Hall–Kier alpha value is -2.28. The van der Waals surface area contributed by atoms with E-state index >= 15 is 0 Å². The molecule has 1 saturated carbocycles. The van der Waals surface area contributed by atoms with Gasteiger partial charge in [0.1, 0.15) is 6.10 Å². The van der Waals surface area contributed by atoms with Gasteiger partial charge in [0.25, 0.3) is 5.91 Å². The second-order valence-electron chi connectivity index (χ2n) is 7.24. The molecular weight excluding hydrogens is 314 g/mol. The lowest BCUT2D eigenvalue weighted by atomic mass is 9.75. The number of ether oxygens (including phenoxy) is 1. The van der Waals surface area contributed by atoms with E-state index in [9.17, 15) is 9.59 Å². The number of esters is 1. The van der Waals surface area contributed by atoms with Gasteiger partial charge in [0.05, 0.1) is 12.1 Å². The maximum atomic E-state index is 12.6. The molecule has 3 atom stereocenters. The second kappa shape index (κ2) is 8.71. The highest BCUT2D eigenvalue weighted by Gasteiger charge is 2.33. The van der Waals surface area contributed by atoms with Crippen LogP contribution in [0.3, 0.4) is 0 Å². The fraction of sp³-hybridized carbons (Fsp3) is 0.524. The third-order valence-corrected chi connectivity index (χ3v) is 4.93. The SMILES string of the molecule is C#CCNC(=O)c1cccc(C(=O)O[C@@H]2C[C@H](C)CC[C@H]2C(C)C)c1. The Balaban J connectivity index is 2.09. The first-order valence-corrected chi connectivity index (χ1v) is 8.95. The lowest BCUT2D eigenvalue weighted by molar-refractivity contribution is -0.0174. The number of hydrogen-bond acceptors (Lipinski definition) is 3. The Morgan fingerprint density at radius 3 is 2.72 bits per heavy atom. The van der Waals surface area contributed by atoms with Gasteiger partial charge in [-0.2, -0.15) is 0 Å². The van der Waals surface area contributed by atoms with E-state index in [0.29, 0.717) is 28.9 Å². The molecule has 2 rings (SSSR count). The van der Waals surface area contributed by atoms with Gasteiger partial charge in [-0.1, -0.05) is 39.2 Å². The summed E-state index contributed by atoms with van der Waals surface area (Å²) in [7, 11) is 0. The van der Waals surface area contributed by atoms with Gasteiger partial charge in [0, 0.05) is 5.56 Å². The largest absolute Gasteiger partial charge is 0.458 e. The minimum Gasteiger partial charge on any atom is -0.458 e. The van der Waals surface area contributed by atoms with Crippen molar-refractivity contribution in [2.45, 2.75) is 46.1 Å². The van der Waals surface area contributed by atoms with Crippen LogP contribution in [0.25, 0.3) is 0 Å². The van der Waals surface area contributed by atoms with Crippen LogP contribution in [0, 0.1) is 30.1 Å². The minimum absolute atomic E-state index is 0.0600. The van der Waals surface area contributed by atoms with Gasteiger partial charge in [-0.3, -0.25) is 4.79 Å². The van der Waals surface area contributed by atoms with Gasteiger partial charge < -0.3 is 10.1 Å². The van der Waals surface area contributed by atoms with Crippen LogP contribution in [0.5, 0.6) is 0 Å². The number of carbonyl (C=O) groups excluding carboxylic acids is 2. The maximum absolute atomic E-state index is 12.6. The Morgan fingerprint density at radius 1 is 1.32 bits per heavy atom. The number of hydrogen-bond donors (Lipinski definition) is 1. The van der Waals surface area contributed by atoms with Crippen molar-refractivity contribution in [3.63, 3.8) is 0 Å². The predicted octanol–water partition coefficient (Wildman–Crippen LogP) is 3.67. The van der Waals surface area contributed by atoms with Crippen LogP contribution >= 0.6 is 0 Å². The zero-order chi connectivity index (χ0) is 18.4. The Morgan fingerprint density at radius 2 is 2.04 bits per heavy atom. The third-order valence-electron chi connectivity index (χ3n) is 4.93. The van der Waals surface area contributed by atoms with Gasteiger partial charge in [0.15, 0.2) is 0 Å². The van der Waals surface area contributed by atoms with Crippen LogP contribution in [0.1, 0.15) is 60.7 Å². The van der Waals surface area contributed by atoms with Crippen molar-refractivity contribution >= 4 is 11.9 Å². The lowest BCUT2D eigenvalue weighted by Gasteiger charge is -2.36.